The molecule has 0 saturated carbocycles. The number of hydrogen-bond acceptors (Lipinski definition) is 6. The van der Waals surface area contributed by atoms with E-state index in [1.807, 2.05) is 24.3 Å². The van der Waals surface area contributed by atoms with Crippen molar-refractivity contribution in [2.45, 2.75) is 30.8 Å². The summed E-state index contributed by atoms with van der Waals surface area (Å²) in [6.45, 7) is 4.34. The Hall–Kier alpha value is -1.96. The topological polar surface area (TPSA) is 43.6 Å². The summed E-state index contributed by atoms with van der Waals surface area (Å²) in [5, 5.41) is 15.1. The van der Waals surface area contributed by atoms with Crippen molar-refractivity contribution in [3.8, 4) is 21.3 Å². The second-order valence-corrected chi connectivity index (χ2v) is 8.79. The molecule has 0 aliphatic carbocycles. The van der Waals surface area contributed by atoms with Crippen LogP contribution in [0.15, 0.2) is 58.4 Å². The highest BCUT2D eigenvalue weighted by Crippen LogP contribution is 2.32. The summed E-state index contributed by atoms with van der Waals surface area (Å²) in [6, 6.07) is 14.8. The summed E-state index contributed by atoms with van der Waals surface area (Å²) in [7, 11) is 0. The third-order valence-electron chi connectivity index (χ3n) is 3.84. The number of rotatable bonds is 6. The van der Waals surface area contributed by atoms with Crippen molar-refractivity contribution in [3.05, 3.63) is 58.9 Å². The van der Waals surface area contributed by atoms with Crippen molar-refractivity contribution in [3.63, 3.8) is 0 Å². The highest BCUT2D eigenvalue weighted by Gasteiger charge is 2.18. The molecule has 0 unspecified atom stereocenters. The molecule has 0 radical (unpaired) electrons. The molecule has 0 aliphatic rings. The van der Waals surface area contributed by atoms with Crippen LogP contribution in [0.2, 0.25) is 0 Å². The van der Waals surface area contributed by atoms with Gasteiger partial charge in [0.1, 0.15) is 5.01 Å². The molecule has 3 aromatic heterocycles. The Bertz CT molecular complexity index is 972. The van der Waals surface area contributed by atoms with E-state index in [1.54, 1.807) is 34.4 Å². The van der Waals surface area contributed by atoms with Gasteiger partial charge in [-0.25, -0.2) is 4.98 Å². The van der Waals surface area contributed by atoms with Gasteiger partial charge in [-0.15, -0.1) is 32.9 Å². The van der Waals surface area contributed by atoms with Crippen molar-refractivity contribution in [1.82, 2.24) is 19.7 Å². The first-order valence-corrected chi connectivity index (χ1v) is 11.1. The van der Waals surface area contributed by atoms with E-state index in [0.717, 1.165) is 32.3 Å². The molecule has 3 heterocycles. The third-order valence-corrected chi connectivity index (χ3v) is 6.63. The van der Waals surface area contributed by atoms with Gasteiger partial charge in [-0.1, -0.05) is 48.2 Å². The lowest BCUT2D eigenvalue weighted by Gasteiger charge is -2.12. The maximum atomic E-state index is 4.77. The van der Waals surface area contributed by atoms with Gasteiger partial charge >= 0.3 is 0 Å². The van der Waals surface area contributed by atoms with Crippen LogP contribution < -0.4 is 0 Å². The number of nitrogens with zero attached hydrogens (tertiary/aromatic N) is 4. The van der Waals surface area contributed by atoms with Crippen molar-refractivity contribution in [2.75, 3.05) is 0 Å². The molecule has 0 atom stereocenters. The number of hydrogen-bond donors (Lipinski definition) is 0. The zero-order valence-electron chi connectivity index (χ0n) is 14.5. The molecule has 0 fully saturated rings. The molecule has 0 amide bonds. The SMILES string of the molecule is CC(C)n1c(SCc2csc(-c3ccccc3)n2)nnc1-c1cccs1. The first-order chi connectivity index (χ1) is 12.7. The van der Waals surface area contributed by atoms with Crippen LogP contribution in [-0.4, -0.2) is 19.7 Å². The normalized spacial score (nSPS) is 11.3. The van der Waals surface area contributed by atoms with Gasteiger partial charge in [0.25, 0.3) is 0 Å². The number of aromatic nitrogens is 4. The molecular formula is C19H18N4S3. The average Bonchev–Trinajstić information content (AvgIpc) is 3.39. The molecule has 132 valence electrons. The molecule has 4 rings (SSSR count). The molecule has 0 bridgehead atoms. The van der Waals surface area contributed by atoms with Gasteiger partial charge in [0.05, 0.1) is 10.6 Å². The lowest BCUT2D eigenvalue weighted by molar-refractivity contribution is 0.555. The number of thiazole rings is 1. The molecular weight excluding hydrogens is 380 g/mol. The van der Waals surface area contributed by atoms with Crippen molar-refractivity contribution < 1.29 is 0 Å². The third kappa shape index (κ3) is 3.60. The minimum absolute atomic E-state index is 0.305. The summed E-state index contributed by atoms with van der Waals surface area (Å²) in [5.74, 6) is 1.74. The fourth-order valence-electron chi connectivity index (χ4n) is 2.64. The van der Waals surface area contributed by atoms with Gasteiger partial charge in [-0.3, -0.25) is 4.57 Å². The second kappa shape index (κ2) is 7.73. The molecule has 7 heteroatoms. The lowest BCUT2D eigenvalue weighted by atomic mass is 10.2. The van der Waals surface area contributed by atoms with E-state index in [0.29, 0.717) is 6.04 Å². The molecule has 0 spiro atoms. The highest BCUT2D eigenvalue weighted by atomic mass is 32.2. The monoisotopic (exact) mass is 398 g/mol. The van der Waals surface area contributed by atoms with Crippen molar-refractivity contribution in [1.29, 1.82) is 0 Å². The number of thioether (sulfide) groups is 1. The van der Waals surface area contributed by atoms with E-state index in [1.165, 1.54) is 5.56 Å². The van der Waals surface area contributed by atoms with Gasteiger partial charge in [-0.05, 0) is 25.3 Å². The molecule has 1 aromatic carbocycles. The van der Waals surface area contributed by atoms with Gasteiger partial charge in [0, 0.05) is 22.7 Å². The molecule has 4 nitrogen and oxygen atoms in total. The smallest absolute Gasteiger partial charge is 0.192 e. The van der Waals surface area contributed by atoms with Crippen LogP contribution in [-0.2, 0) is 5.75 Å². The summed E-state index contributed by atoms with van der Waals surface area (Å²) in [5.41, 5.74) is 2.24. The Morgan fingerprint density at radius 1 is 1.04 bits per heavy atom. The van der Waals surface area contributed by atoms with E-state index in [4.69, 9.17) is 4.98 Å². The minimum atomic E-state index is 0.305. The average molecular weight is 399 g/mol. The van der Waals surface area contributed by atoms with E-state index >= 15 is 0 Å². The molecule has 4 aromatic rings. The quantitative estimate of drug-likeness (QED) is 0.373. The van der Waals surface area contributed by atoms with E-state index in [9.17, 15) is 0 Å². The zero-order valence-corrected chi connectivity index (χ0v) is 16.9. The van der Waals surface area contributed by atoms with Crippen LogP contribution in [0.25, 0.3) is 21.3 Å². The fraction of sp³-hybridized carbons (Fsp3) is 0.211. The van der Waals surface area contributed by atoms with E-state index in [-0.39, 0.29) is 0 Å². The summed E-state index contributed by atoms with van der Waals surface area (Å²) >= 11 is 5.07. The van der Waals surface area contributed by atoms with Crippen LogP contribution in [0.5, 0.6) is 0 Å². The van der Waals surface area contributed by atoms with Gasteiger partial charge in [-0.2, -0.15) is 0 Å². The molecule has 0 aliphatic heterocycles. The molecule has 26 heavy (non-hydrogen) atoms. The van der Waals surface area contributed by atoms with Gasteiger partial charge < -0.3 is 0 Å². The maximum absolute atomic E-state index is 4.77. The Kier molecular flexibility index (Phi) is 5.19. The maximum Gasteiger partial charge on any atom is 0.192 e. The van der Waals surface area contributed by atoms with E-state index in [2.05, 4.69) is 57.6 Å². The number of thiophene rings is 1. The number of benzene rings is 1. The van der Waals surface area contributed by atoms with Gasteiger partial charge in [0.15, 0.2) is 11.0 Å². The van der Waals surface area contributed by atoms with Crippen LogP contribution in [0.3, 0.4) is 0 Å². The van der Waals surface area contributed by atoms with Crippen molar-refractivity contribution >= 4 is 34.4 Å². The highest BCUT2D eigenvalue weighted by molar-refractivity contribution is 7.98. The zero-order chi connectivity index (χ0) is 17.9. The first kappa shape index (κ1) is 17.5. The van der Waals surface area contributed by atoms with Crippen molar-refractivity contribution in [2.24, 2.45) is 0 Å². The predicted octanol–water partition coefficient (Wildman–Crippen LogP) is 6.00. The Balaban J connectivity index is 1.53. The molecule has 0 N–H and O–H groups in total. The standard InChI is InChI=1S/C19H18N4S3/c1-13(2)23-17(16-9-6-10-24-16)21-22-19(23)26-12-15-11-25-18(20-15)14-7-4-3-5-8-14/h3-11,13H,12H2,1-2H3. The van der Waals surface area contributed by atoms with Crippen LogP contribution in [0.1, 0.15) is 25.6 Å². The van der Waals surface area contributed by atoms with Crippen LogP contribution >= 0.6 is 34.4 Å². The Labute approximate surface area is 165 Å². The summed E-state index contributed by atoms with van der Waals surface area (Å²) < 4.78 is 2.21. The largest absolute Gasteiger partial charge is 0.299 e. The van der Waals surface area contributed by atoms with Crippen LogP contribution in [0.4, 0.5) is 0 Å². The first-order valence-electron chi connectivity index (χ1n) is 8.34. The lowest BCUT2D eigenvalue weighted by Crippen LogP contribution is -2.04. The minimum Gasteiger partial charge on any atom is -0.299 e. The van der Waals surface area contributed by atoms with E-state index < -0.39 is 0 Å². The molecule has 0 saturated heterocycles. The van der Waals surface area contributed by atoms with Crippen LogP contribution in [0, 0.1) is 0 Å². The fourth-order valence-corrected chi connectivity index (χ4v) is 5.24. The van der Waals surface area contributed by atoms with Gasteiger partial charge in [0.2, 0.25) is 0 Å². The summed E-state index contributed by atoms with van der Waals surface area (Å²) in [6.07, 6.45) is 0. The predicted molar refractivity (Wildman–Crippen MR) is 111 cm³/mol. The second-order valence-electron chi connectivity index (χ2n) is 6.05. The Morgan fingerprint density at radius 2 is 1.88 bits per heavy atom. The summed E-state index contributed by atoms with van der Waals surface area (Å²) in [4.78, 5) is 5.92. The Morgan fingerprint density at radius 3 is 2.62 bits per heavy atom.